The van der Waals surface area contributed by atoms with Gasteiger partial charge in [-0.2, -0.15) is 0 Å². The second kappa shape index (κ2) is 46.1. The highest BCUT2D eigenvalue weighted by molar-refractivity contribution is 7.45. The molecule has 9 heteroatoms. The lowest BCUT2D eigenvalue weighted by molar-refractivity contribution is -0.870. The van der Waals surface area contributed by atoms with Crippen molar-refractivity contribution in [3.8, 4) is 0 Å². The van der Waals surface area contributed by atoms with Gasteiger partial charge in [-0.15, -0.1) is 0 Å². The van der Waals surface area contributed by atoms with Crippen LogP contribution in [0.15, 0.2) is 24.3 Å². The van der Waals surface area contributed by atoms with Gasteiger partial charge in [0.1, 0.15) is 13.2 Å². The largest absolute Gasteiger partial charge is 0.756 e. The number of phosphoric acid groups is 1. The van der Waals surface area contributed by atoms with Gasteiger partial charge in [-0.3, -0.25) is 9.36 Å². The van der Waals surface area contributed by atoms with Crippen LogP contribution < -0.4 is 10.2 Å². The van der Waals surface area contributed by atoms with Crippen LogP contribution in [0.4, 0.5) is 0 Å². The molecule has 2 N–H and O–H groups in total. The molecule has 0 aliphatic heterocycles. The average molecular weight is 911 g/mol. The SMILES string of the molecule is CCCCC/C=C\CCCCCCCC(=O)NC(COP(=O)([O-])OCC[N+](C)(C)C)C(O)/C=C/CCCCCCCCCCCCCCCCCCCCCCCCCCCCC. The number of hydrogen-bond donors (Lipinski definition) is 2. The van der Waals surface area contributed by atoms with E-state index in [0.29, 0.717) is 17.4 Å². The summed E-state index contributed by atoms with van der Waals surface area (Å²) in [6.07, 6.45) is 56.9. The van der Waals surface area contributed by atoms with E-state index in [4.69, 9.17) is 9.05 Å². The van der Waals surface area contributed by atoms with Crippen molar-refractivity contribution in [3.63, 3.8) is 0 Å². The third-order valence-corrected chi connectivity index (χ3v) is 13.4. The number of quaternary nitrogens is 1. The first-order valence-electron chi connectivity index (χ1n) is 27.2. The van der Waals surface area contributed by atoms with Gasteiger partial charge >= 0.3 is 0 Å². The summed E-state index contributed by atoms with van der Waals surface area (Å²) < 4.78 is 23.3. The maximum atomic E-state index is 12.9. The highest BCUT2D eigenvalue weighted by Crippen LogP contribution is 2.38. The normalized spacial score (nSPS) is 14.2. The molecule has 0 aliphatic rings. The van der Waals surface area contributed by atoms with Crippen molar-refractivity contribution in [2.75, 3.05) is 40.9 Å². The number of rotatable bonds is 50. The summed E-state index contributed by atoms with van der Waals surface area (Å²) >= 11 is 0. The predicted octanol–water partition coefficient (Wildman–Crippen LogP) is 15.4. The monoisotopic (exact) mass is 911 g/mol. The maximum absolute atomic E-state index is 12.9. The average Bonchev–Trinajstić information content (AvgIpc) is 3.24. The zero-order valence-electron chi connectivity index (χ0n) is 42.5. The second-order valence-corrected chi connectivity index (χ2v) is 21.3. The van der Waals surface area contributed by atoms with Gasteiger partial charge in [0.25, 0.3) is 7.82 Å². The van der Waals surface area contributed by atoms with Crippen LogP contribution in [-0.2, 0) is 18.4 Å². The molecule has 0 spiro atoms. The van der Waals surface area contributed by atoms with Gasteiger partial charge in [0.2, 0.25) is 5.91 Å². The van der Waals surface area contributed by atoms with Crippen LogP contribution in [-0.4, -0.2) is 68.5 Å². The van der Waals surface area contributed by atoms with Gasteiger partial charge in [0.05, 0.1) is 39.9 Å². The van der Waals surface area contributed by atoms with Gasteiger partial charge in [-0.25, -0.2) is 0 Å². The van der Waals surface area contributed by atoms with Crippen LogP contribution in [0.2, 0.25) is 0 Å². The van der Waals surface area contributed by atoms with Gasteiger partial charge < -0.3 is 28.8 Å². The number of nitrogens with one attached hydrogen (secondary N) is 1. The Labute approximate surface area is 392 Å². The van der Waals surface area contributed by atoms with E-state index in [0.717, 1.165) is 51.4 Å². The van der Waals surface area contributed by atoms with E-state index >= 15 is 0 Å². The molecule has 0 saturated heterocycles. The molecule has 0 heterocycles. The number of carbonyl (C=O) groups is 1. The van der Waals surface area contributed by atoms with Crippen molar-refractivity contribution < 1.29 is 32.9 Å². The van der Waals surface area contributed by atoms with E-state index in [-0.39, 0.29) is 19.1 Å². The molecule has 0 aromatic heterocycles. The molecule has 0 rings (SSSR count). The summed E-state index contributed by atoms with van der Waals surface area (Å²) in [6, 6.07) is -0.888. The molecule has 3 atom stereocenters. The fourth-order valence-electron chi connectivity index (χ4n) is 8.09. The number of aliphatic hydroxyl groups is 1. The van der Waals surface area contributed by atoms with Gasteiger partial charge in [0, 0.05) is 6.42 Å². The van der Waals surface area contributed by atoms with E-state index in [2.05, 4.69) is 31.3 Å². The molecular formula is C54H107N2O6P. The molecule has 0 fully saturated rings. The van der Waals surface area contributed by atoms with E-state index in [1.165, 1.54) is 193 Å². The summed E-state index contributed by atoms with van der Waals surface area (Å²) in [7, 11) is 1.26. The van der Waals surface area contributed by atoms with Gasteiger partial charge in [-0.1, -0.05) is 237 Å². The van der Waals surface area contributed by atoms with Crippen LogP contribution in [0.25, 0.3) is 0 Å². The number of nitrogens with zero attached hydrogens (tertiary/aromatic N) is 1. The van der Waals surface area contributed by atoms with E-state index in [1.807, 2.05) is 27.2 Å². The zero-order chi connectivity index (χ0) is 46.4. The lowest BCUT2D eigenvalue weighted by atomic mass is 10.0. The van der Waals surface area contributed by atoms with Crippen molar-refractivity contribution in [1.82, 2.24) is 5.32 Å². The summed E-state index contributed by atoms with van der Waals surface area (Å²) in [5.41, 5.74) is 0. The van der Waals surface area contributed by atoms with Crippen LogP contribution in [0.3, 0.4) is 0 Å². The van der Waals surface area contributed by atoms with Gasteiger partial charge in [-0.05, 0) is 44.9 Å². The second-order valence-electron chi connectivity index (χ2n) is 19.9. The molecule has 0 aliphatic carbocycles. The quantitative estimate of drug-likeness (QED) is 0.0272. The number of aliphatic hydroxyl groups excluding tert-OH is 1. The molecule has 0 aromatic carbocycles. The fourth-order valence-corrected chi connectivity index (χ4v) is 8.81. The number of unbranched alkanes of at least 4 members (excludes halogenated alkanes) is 35. The summed E-state index contributed by atoms with van der Waals surface area (Å²) in [5, 5.41) is 13.8. The highest BCUT2D eigenvalue weighted by Gasteiger charge is 2.23. The predicted molar refractivity (Wildman–Crippen MR) is 270 cm³/mol. The topological polar surface area (TPSA) is 108 Å². The van der Waals surface area contributed by atoms with Crippen LogP contribution in [0.5, 0.6) is 0 Å². The Morgan fingerprint density at radius 3 is 1.27 bits per heavy atom. The lowest BCUT2D eigenvalue weighted by Crippen LogP contribution is -2.45. The third kappa shape index (κ3) is 48.7. The van der Waals surface area contributed by atoms with E-state index < -0.39 is 20.0 Å². The van der Waals surface area contributed by atoms with E-state index in [9.17, 15) is 19.4 Å². The number of carbonyl (C=O) groups excluding carboxylic acids is 1. The Morgan fingerprint density at radius 1 is 0.540 bits per heavy atom. The Hall–Kier alpha value is -1.02. The number of amides is 1. The minimum Gasteiger partial charge on any atom is -0.756 e. The standard InChI is InChI=1S/C54H107N2O6P/c1-6-8-10-12-14-16-18-20-21-22-23-24-25-26-27-28-29-30-31-32-33-34-35-36-37-39-41-43-45-47-53(57)52(51-62-63(59,60)61-50-49-56(3,4)5)55-54(58)48-46-44-42-40-38-19-17-15-13-11-9-7-2/h15,17,45,47,52-53,57H,6-14,16,18-44,46,48-51H2,1-5H3,(H-,55,58,59,60)/b17-15-,47-45+. The Kier molecular flexibility index (Phi) is 45.4. The number of hydrogen-bond acceptors (Lipinski definition) is 6. The Bertz CT molecular complexity index is 1080. The molecule has 0 radical (unpaired) electrons. The first-order chi connectivity index (χ1) is 30.5. The molecule has 0 bridgehead atoms. The van der Waals surface area contributed by atoms with Crippen molar-refractivity contribution in [2.24, 2.45) is 0 Å². The molecule has 1 amide bonds. The summed E-state index contributed by atoms with van der Waals surface area (Å²) in [4.78, 5) is 25.3. The molecule has 0 aromatic rings. The first kappa shape index (κ1) is 62.0. The number of phosphoric ester groups is 1. The molecule has 63 heavy (non-hydrogen) atoms. The van der Waals surface area contributed by atoms with Crippen molar-refractivity contribution in [3.05, 3.63) is 24.3 Å². The smallest absolute Gasteiger partial charge is 0.268 e. The maximum Gasteiger partial charge on any atom is 0.268 e. The molecule has 3 unspecified atom stereocenters. The minimum absolute atomic E-state index is 0.00133. The van der Waals surface area contributed by atoms with E-state index in [1.54, 1.807) is 6.08 Å². The van der Waals surface area contributed by atoms with Crippen LogP contribution in [0, 0.1) is 0 Å². The summed E-state index contributed by atoms with van der Waals surface area (Å²) in [5.74, 6) is -0.205. The molecular weight excluding hydrogens is 804 g/mol. The lowest BCUT2D eigenvalue weighted by Gasteiger charge is -2.29. The van der Waals surface area contributed by atoms with Crippen molar-refractivity contribution in [2.45, 2.75) is 276 Å². The minimum atomic E-state index is -4.59. The van der Waals surface area contributed by atoms with Crippen LogP contribution in [0.1, 0.15) is 264 Å². The van der Waals surface area contributed by atoms with Crippen LogP contribution >= 0.6 is 7.82 Å². The van der Waals surface area contributed by atoms with Crippen molar-refractivity contribution in [1.29, 1.82) is 0 Å². The first-order valence-corrected chi connectivity index (χ1v) is 28.7. The zero-order valence-corrected chi connectivity index (χ0v) is 43.4. The number of likely N-dealkylation sites (N-methyl/N-ethyl adjacent to an activating group) is 1. The third-order valence-electron chi connectivity index (χ3n) is 12.4. The highest BCUT2D eigenvalue weighted by atomic mass is 31.2. The summed E-state index contributed by atoms with van der Waals surface area (Å²) in [6.45, 7) is 4.64. The molecule has 0 saturated carbocycles. The number of allylic oxidation sites excluding steroid dienone is 3. The fraction of sp³-hybridized carbons (Fsp3) is 0.907. The Balaban J connectivity index is 4.10. The Morgan fingerprint density at radius 2 is 0.873 bits per heavy atom. The molecule has 374 valence electrons. The van der Waals surface area contributed by atoms with Gasteiger partial charge in [0.15, 0.2) is 0 Å². The van der Waals surface area contributed by atoms with Crippen molar-refractivity contribution >= 4 is 13.7 Å². The molecule has 8 nitrogen and oxygen atoms in total.